The van der Waals surface area contributed by atoms with Crippen molar-refractivity contribution in [3.8, 4) is 0 Å². The fraction of sp³-hybridized carbons (Fsp3) is 0.700. The maximum absolute atomic E-state index is 11.4. The van der Waals surface area contributed by atoms with Gasteiger partial charge >= 0.3 is 5.97 Å². The Balaban J connectivity index is 5.43. The Labute approximate surface area is 103 Å². The molecule has 0 radical (unpaired) electrons. The highest BCUT2D eigenvalue weighted by Gasteiger charge is 2.52. The van der Waals surface area contributed by atoms with Gasteiger partial charge in [-0.25, -0.2) is 9.78 Å². The zero-order chi connectivity index (χ0) is 14.6. The van der Waals surface area contributed by atoms with Crippen molar-refractivity contribution in [1.82, 2.24) is 0 Å². The second-order valence-electron chi connectivity index (χ2n) is 4.41. The molecule has 0 heterocycles. The molecule has 0 aliphatic carbocycles. The molecule has 0 fully saturated rings. The van der Waals surface area contributed by atoms with Crippen LogP contribution in [0, 0.1) is 0 Å². The van der Waals surface area contributed by atoms with Gasteiger partial charge in [0.15, 0.2) is 11.4 Å². The Bertz CT molecular complexity index is 348. The Hall–Kier alpha value is -1.35. The third kappa shape index (κ3) is 3.57. The van der Waals surface area contributed by atoms with E-state index in [1.807, 2.05) is 0 Å². The predicted octanol–water partition coefficient (Wildman–Crippen LogP) is 0.506. The lowest BCUT2D eigenvalue weighted by atomic mass is 9.78. The molecule has 0 aromatic rings. The van der Waals surface area contributed by atoms with Crippen LogP contribution >= 0.6 is 0 Å². The van der Waals surface area contributed by atoms with Crippen LogP contribution in [0.5, 0.6) is 0 Å². The zero-order valence-electron chi connectivity index (χ0n) is 10.3. The molecular weight excluding hydrogens is 248 g/mol. The van der Waals surface area contributed by atoms with Crippen molar-refractivity contribution in [2.24, 2.45) is 0 Å². The first-order valence-corrected chi connectivity index (χ1v) is 5.02. The van der Waals surface area contributed by atoms with Gasteiger partial charge in [0.05, 0.1) is 6.42 Å². The van der Waals surface area contributed by atoms with Gasteiger partial charge in [-0.1, -0.05) is 0 Å². The van der Waals surface area contributed by atoms with E-state index in [0.29, 0.717) is 0 Å². The van der Waals surface area contributed by atoms with Gasteiger partial charge in [-0.3, -0.25) is 24.9 Å². The van der Waals surface area contributed by atoms with Crippen LogP contribution < -0.4 is 0 Å². The van der Waals surface area contributed by atoms with Gasteiger partial charge in [0.25, 0.3) is 0 Å². The SMILES string of the molecule is CC(=O)C(=O)CC(CC(=O)O)(OO)C(C)(C)OO. The fourth-order valence-corrected chi connectivity index (χ4v) is 1.37. The van der Waals surface area contributed by atoms with E-state index in [1.54, 1.807) is 0 Å². The van der Waals surface area contributed by atoms with E-state index in [-0.39, 0.29) is 0 Å². The van der Waals surface area contributed by atoms with Gasteiger partial charge < -0.3 is 5.11 Å². The first kappa shape index (κ1) is 16.6. The Morgan fingerprint density at radius 2 is 1.56 bits per heavy atom. The highest BCUT2D eigenvalue weighted by atomic mass is 17.1. The van der Waals surface area contributed by atoms with Gasteiger partial charge in [0.2, 0.25) is 5.78 Å². The number of carbonyl (C=O) groups is 3. The summed E-state index contributed by atoms with van der Waals surface area (Å²) >= 11 is 0. The van der Waals surface area contributed by atoms with Crippen LogP contribution in [-0.2, 0) is 24.2 Å². The van der Waals surface area contributed by atoms with E-state index in [2.05, 4.69) is 9.78 Å². The summed E-state index contributed by atoms with van der Waals surface area (Å²) in [4.78, 5) is 41.2. The Morgan fingerprint density at radius 3 is 1.83 bits per heavy atom. The average molecular weight is 264 g/mol. The standard InChI is InChI=1S/C10H16O8/c1-6(11)7(12)4-10(18-16,5-8(13)14)9(2,3)17-15/h15-16H,4-5H2,1-3H3,(H,13,14). The summed E-state index contributed by atoms with van der Waals surface area (Å²) in [6, 6.07) is 0. The molecule has 18 heavy (non-hydrogen) atoms. The van der Waals surface area contributed by atoms with Crippen LogP contribution in [0.3, 0.4) is 0 Å². The summed E-state index contributed by atoms with van der Waals surface area (Å²) in [5.41, 5.74) is -3.79. The second-order valence-corrected chi connectivity index (χ2v) is 4.41. The van der Waals surface area contributed by atoms with Crippen LogP contribution in [-0.4, -0.2) is 44.4 Å². The summed E-state index contributed by atoms with van der Waals surface area (Å²) < 4.78 is 0. The monoisotopic (exact) mass is 264 g/mol. The molecule has 8 nitrogen and oxygen atoms in total. The molecule has 1 atom stereocenters. The zero-order valence-corrected chi connectivity index (χ0v) is 10.3. The Morgan fingerprint density at radius 1 is 1.06 bits per heavy atom. The second kappa shape index (κ2) is 6.01. The van der Waals surface area contributed by atoms with Crippen LogP contribution in [0.15, 0.2) is 0 Å². The van der Waals surface area contributed by atoms with E-state index < -0.39 is 41.6 Å². The van der Waals surface area contributed by atoms with Crippen LogP contribution in [0.2, 0.25) is 0 Å². The normalized spacial score (nSPS) is 14.9. The van der Waals surface area contributed by atoms with E-state index in [4.69, 9.17) is 15.6 Å². The minimum atomic E-state index is -2.07. The molecule has 104 valence electrons. The Kier molecular flexibility index (Phi) is 5.55. The number of hydrogen-bond acceptors (Lipinski definition) is 7. The number of carboxylic acids is 1. The molecule has 0 saturated heterocycles. The smallest absolute Gasteiger partial charge is 0.306 e. The average Bonchev–Trinajstić information content (AvgIpc) is 2.26. The van der Waals surface area contributed by atoms with E-state index in [1.165, 1.54) is 13.8 Å². The van der Waals surface area contributed by atoms with Crippen molar-refractivity contribution in [1.29, 1.82) is 0 Å². The van der Waals surface area contributed by atoms with Gasteiger partial charge in [-0.15, -0.1) is 0 Å². The molecule has 0 rings (SSSR count). The van der Waals surface area contributed by atoms with Crippen molar-refractivity contribution in [2.45, 2.75) is 44.8 Å². The maximum atomic E-state index is 11.4. The topological polar surface area (TPSA) is 130 Å². The van der Waals surface area contributed by atoms with Gasteiger partial charge in [-0.05, 0) is 13.8 Å². The van der Waals surface area contributed by atoms with E-state index in [0.717, 1.165) is 6.92 Å². The van der Waals surface area contributed by atoms with Crippen molar-refractivity contribution in [3.05, 3.63) is 0 Å². The minimum Gasteiger partial charge on any atom is -0.481 e. The molecule has 0 saturated carbocycles. The number of carbonyl (C=O) groups excluding carboxylic acids is 2. The maximum Gasteiger partial charge on any atom is 0.306 e. The van der Waals surface area contributed by atoms with Gasteiger partial charge in [-0.2, -0.15) is 0 Å². The minimum absolute atomic E-state index is 0.737. The molecule has 0 aromatic carbocycles. The lowest BCUT2D eigenvalue weighted by Crippen LogP contribution is -2.56. The van der Waals surface area contributed by atoms with Crippen LogP contribution in [0.4, 0.5) is 0 Å². The first-order valence-electron chi connectivity index (χ1n) is 5.02. The summed E-state index contributed by atoms with van der Waals surface area (Å²) in [5, 5.41) is 26.4. The fourth-order valence-electron chi connectivity index (χ4n) is 1.37. The molecular formula is C10H16O8. The van der Waals surface area contributed by atoms with Gasteiger partial charge in [0.1, 0.15) is 5.60 Å². The van der Waals surface area contributed by atoms with Crippen molar-refractivity contribution < 1.29 is 39.8 Å². The first-order chi connectivity index (χ1) is 8.12. The van der Waals surface area contributed by atoms with E-state index in [9.17, 15) is 14.4 Å². The number of ketones is 2. The number of hydrogen-bond donors (Lipinski definition) is 3. The molecule has 8 heteroatoms. The molecule has 0 aliphatic rings. The summed E-state index contributed by atoms with van der Waals surface area (Å²) in [7, 11) is 0. The van der Waals surface area contributed by atoms with E-state index >= 15 is 0 Å². The summed E-state index contributed by atoms with van der Waals surface area (Å²) in [5.74, 6) is -3.17. The third-order valence-corrected chi connectivity index (χ3v) is 2.78. The largest absolute Gasteiger partial charge is 0.481 e. The molecule has 0 amide bonds. The lowest BCUT2D eigenvalue weighted by Gasteiger charge is -2.39. The quantitative estimate of drug-likeness (QED) is 0.328. The molecule has 0 bridgehead atoms. The highest BCUT2D eigenvalue weighted by molar-refractivity contribution is 6.36. The molecule has 0 aliphatic heterocycles. The molecule has 0 spiro atoms. The number of aliphatic carboxylic acids is 1. The summed E-state index contributed by atoms with van der Waals surface area (Å²) in [6.07, 6.45) is -1.57. The van der Waals surface area contributed by atoms with Crippen molar-refractivity contribution >= 4 is 17.5 Å². The van der Waals surface area contributed by atoms with Crippen LogP contribution in [0.1, 0.15) is 33.6 Å². The van der Waals surface area contributed by atoms with Gasteiger partial charge in [0, 0.05) is 13.3 Å². The summed E-state index contributed by atoms with van der Waals surface area (Å²) in [6.45, 7) is 3.41. The van der Waals surface area contributed by atoms with Crippen molar-refractivity contribution in [2.75, 3.05) is 0 Å². The molecule has 3 N–H and O–H groups in total. The predicted molar refractivity (Wildman–Crippen MR) is 56.8 cm³/mol. The molecule has 0 aromatic heterocycles. The van der Waals surface area contributed by atoms with Crippen LogP contribution in [0.25, 0.3) is 0 Å². The number of rotatable bonds is 8. The number of carboxylic acid groups (broad SMARTS) is 1. The number of Topliss-reactive ketones (excluding diaryl/α,β-unsaturated/α-hetero) is 2. The third-order valence-electron chi connectivity index (χ3n) is 2.78. The lowest BCUT2D eigenvalue weighted by molar-refractivity contribution is -0.418. The van der Waals surface area contributed by atoms with Crippen molar-refractivity contribution in [3.63, 3.8) is 0 Å². The highest BCUT2D eigenvalue weighted by Crippen LogP contribution is 2.35. The molecule has 1 unspecified atom stereocenters.